The molecule has 0 aromatic heterocycles. The lowest BCUT2D eigenvalue weighted by Gasteiger charge is -2.46. The highest BCUT2D eigenvalue weighted by molar-refractivity contribution is 5.69. The molecule has 4 fully saturated rings. The summed E-state index contributed by atoms with van der Waals surface area (Å²) in [5.74, 6) is -5.09. The molecule has 0 aromatic rings. The highest BCUT2D eigenvalue weighted by atomic mass is 16.8. The van der Waals surface area contributed by atoms with Gasteiger partial charge in [0.2, 0.25) is 6.29 Å². The van der Waals surface area contributed by atoms with E-state index in [2.05, 4.69) is 0 Å². The van der Waals surface area contributed by atoms with E-state index in [-0.39, 0.29) is 19.1 Å². The molecule has 0 N–H and O–H groups in total. The van der Waals surface area contributed by atoms with Gasteiger partial charge in [-0.3, -0.25) is 28.8 Å². The van der Waals surface area contributed by atoms with Gasteiger partial charge in [0.15, 0.2) is 24.6 Å². The molecule has 1 saturated carbocycles. The highest BCUT2D eigenvalue weighted by Crippen LogP contribution is 2.61. The normalized spacial score (nSPS) is 37.5. The number of hydrogen-bond donors (Lipinski definition) is 0. The van der Waals surface area contributed by atoms with Crippen molar-refractivity contribution in [2.45, 2.75) is 103 Å². The third kappa shape index (κ3) is 7.25. The third-order valence-corrected chi connectivity index (χ3v) is 7.56. The number of epoxide rings is 1. The van der Waals surface area contributed by atoms with Crippen LogP contribution in [-0.4, -0.2) is 110 Å². The Morgan fingerprint density at radius 1 is 0.674 bits per heavy atom. The van der Waals surface area contributed by atoms with E-state index >= 15 is 0 Å². The van der Waals surface area contributed by atoms with Gasteiger partial charge in [0.25, 0.3) is 0 Å². The lowest BCUT2D eigenvalue weighted by atomic mass is 9.83. The van der Waals surface area contributed by atoms with Gasteiger partial charge in [-0.1, -0.05) is 0 Å². The van der Waals surface area contributed by atoms with E-state index in [0.29, 0.717) is 6.42 Å². The Kier molecular flexibility index (Phi) is 9.93. The molecule has 1 aliphatic carbocycles. The molecule has 11 atom stereocenters. The second-order valence-corrected chi connectivity index (χ2v) is 10.8. The van der Waals surface area contributed by atoms with Crippen LogP contribution in [-0.2, 0) is 76.1 Å². The summed E-state index contributed by atoms with van der Waals surface area (Å²) in [6, 6.07) is 0. The molecule has 0 amide bonds. The van der Waals surface area contributed by atoms with Crippen LogP contribution < -0.4 is 0 Å². The van der Waals surface area contributed by atoms with E-state index in [4.69, 9.17) is 47.4 Å². The minimum atomic E-state index is -1.51. The Balaban J connectivity index is 1.68. The molecule has 4 aliphatic rings. The zero-order valence-corrected chi connectivity index (χ0v) is 24.6. The summed E-state index contributed by atoms with van der Waals surface area (Å²) in [7, 11) is 0. The fraction of sp³-hybridized carbons (Fsp3) is 0.778. The van der Waals surface area contributed by atoms with Gasteiger partial charge in [0, 0.05) is 47.5 Å². The first kappa shape index (κ1) is 32.6. The summed E-state index contributed by atoms with van der Waals surface area (Å²) in [6.07, 6.45) is -9.00. The molecule has 4 rings (SSSR count). The Bertz CT molecular complexity index is 1120. The number of hydrogen-bond acceptors (Lipinski definition) is 16. The molecule has 11 unspecified atom stereocenters. The van der Waals surface area contributed by atoms with Crippen molar-refractivity contribution in [2.75, 3.05) is 19.8 Å². The van der Waals surface area contributed by atoms with Gasteiger partial charge in [0.05, 0.1) is 12.5 Å². The zero-order chi connectivity index (χ0) is 31.6. The molecular weight excluding hydrogens is 580 g/mol. The number of carbonyl (C=O) groups is 6. The fourth-order valence-corrected chi connectivity index (χ4v) is 6.13. The minimum Gasteiger partial charge on any atom is -0.463 e. The average Bonchev–Trinajstić information content (AvgIpc) is 3.56. The summed E-state index contributed by atoms with van der Waals surface area (Å²) in [5, 5.41) is 0. The molecule has 0 aromatic carbocycles. The first-order valence-corrected chi connectivity index (χ1v) is 13.8. The van der Waals surface area contributed by atoms with E-state index < -0.39 is 103 Å². The van der Waals surface area contributed by atoms with E-state index in [1.807, 2.05) is 0 Å². The van der Waals surface area contributed by atoms with Crippen LogP contribution in [0.1, 0.15) is 48.0 Å². The van der Waals surface area contributed by atoms with Crippen LogP contribution in [0.25, 0.3) is 0 Å². The van der Waals surface area contributed by atoms with Gasteiger partial charge in [-0.05, 0) is 6.42 Å². The lowest BCUT2D eigenvalue weighted by Crippen LogP contribution is -2.64. The van der Waals surface area contributed by atoms with Crippen LogP contribution in [0.3, 0.4) is 0 Å². The largest absolute Gasteiger partial charge is 0.463 e. The standard InChI is InChI=1S/C27H36O16/c1-11(28)35-9-18-21(38-14(4)31)22(39-15(5)32)23(40-16(6)33)26(41-18)42-25-19-17(7-8-34-25)20(37-13(3)30)24-27(19,43-24)10-36-12(2)29/h17-26H,7-10H2,1-6H3. The Morgan fingerprint density at radius 2 is 1.23 bits per heavy atom. The topological polar surface area (TPSA) is 198 Å². The van der Waals surface area contributed by atoms with Crippen molar-refractivity contribution in [3.8, 4) is 0 Å². The number of esters is 6. The van der Waals surface area contributed by atoms with Crippen molar-refractivity contribution < 1.29 is 76.1 Å². The van der Waals surface area contributed by atoms with Crippen molar-refractivity contribution in [1.29, 1.82) is 0 Å². The summed E-state index contributed by atoms with van der Waals surface area (Å²) >= 11 is 0. The smallest absolute Gasteiger partial charge is 0.303 e. The van der Waals surface area contributed by atoms with Crippen molar-refractivity contribution >= 4 is 35.8 Å². The van der Waals surface area contributed by atoms with Crippen LogP contribution in [0.15, 0.2) is 0 Å². The highest BCUT2D eigenvalue weighted by Gasteiger charge is 2.78. The van der Waals surface area contributed by atoms with Gasteiger partial charge < -0.3 is 47.4 Å². The van der Waals surface area contributed by atoms with Crippen molar-refractivity contribution in [3.63, 3.8) is 0 Å². The summed E-state index contributed by atoms with van der Waals surface area (Å²) in [6.45, 7) is 6.56. The number of carbonyl (C=O) groups excluding carboxylic acids is 6. The second-order valence-electron chi connectivity index (χ2n) is 10.8. The molecule has 0 bridgehead atoms. The Labute approximate surface area is 246 Å². The van der Waals surface area contributed by atoms with Crippen LogP contribution in [0.4, 0.5) is 0 Å². The maximum atomic E-state index is 12.2. The quantitative estimate of drug-likeness (QED) is 0.176. The van der Waals surface area contributed by atoms with E-state index in [0.717, 1.165) is 27.7 Å². The monoisotopic (exact) mass is 616 g/mol. The van der Waals surface area contributed by atoms with Crippen molar-refractivity contribution in [3.05, 3.63) is 0 Å². The number of fused-ring (bicyclic) bond motifs is 3. The number of rotatable bonds is 10. The van der Waals surface area contributed by atoms with Gasteiger partial charge in [-0.2, -0.15) is 0 Å². The second kappa shape index (κ2) is 13.1. The molecule has 16 nitrogen and oxygen atoms in total. The number of ether oxygens (including phenoxy) is 10. The fourth-order valence-electron chi connectivity index (χ4n) is 6.13. The predicted molar refractivity (Wildman–Crippen MR) is 134 cm³/mol. The van der Waals surface area contributed by atoms with E-state index in [1.54, 1.807) is 0 Å². The van der Waals surface area contributed by atoms with Crippen LogP contribution in [0.5, 0.6) is 0 Å². The van der Waals surface area contributed by atoms with Gasteiger partial charge in [0.1, 0.15) is 37.1 Å². The molecular formula is C27H36O16. The van der Waals surface area contributed by atoms with Crippen LogP contribution in [0.2, 0.25) is 0 Å². The van der Waals surface area contributed by atoms with Crippen molar-refractivity contribution in [1.82, 2.24) is 0 Å². The van der Waals surface area contributed by atoms with Gasteiger partial charge >= 0.3 is 35.8 Å². The zero-order valence-electron chi connectivity index (χ0n) is 24.6. The molecule has 0 spiro atoms. The molecule has 3 saturated heterocycles. The SMILES string of the molecule is CC(=O)OCC1OC(OC2OCCC3C(OC(C)=O)C4OC4(COC(C)=O)C23)C(OC(C)=O)C(OC(C)=O)C1OC(C)=O. The maximum absolute atomic E-state index is 12.2. The van der Waals surface area contributed by atoms with E-state index in [1.165, 1.54) is 13.8 Å². The van der Waals surface area contributed by atoms with Gasteiger partial charge in [-0.25, -0.2) is 0 Å². The molecule has 3 heterocycles. The molecule has 3 aliphatic heterocycles. The third-order valence-electron chi connectivity index (χ3n) is 7.56. The summed E-state index contributed by atoms with van der Waals surface area (Å²) in [4.78, 5) is 71.6. The molecule has 0 radical (unpaired) electrons. The van der Waals surface area contributed by atoms with E-state index in [9.17, 15) is 28.8 Å². The van der Waals surface area contributed by atoms with Crippen molar-refractivity contribution in [2.24, 2.45) is 11.8 Å². The Morgan fingerprint density at radius 3 is 1.81 bits per heavy atom. The maximum Gasteiger partial charge on any atom is 0.303 e. The first-order chi connectivity index (χ1) is 20.2. The van der Waals surface area contributed by atoms with Crippen LogP contribution >= 0.6 is 0 Å². The van der Waals surface area contributed by atoms with Crippen LogP contribution in [0, 0.1) is 11.8 Å². The van der Waals surface area contributed by atoms with Gasteiger partial charge in [-0.15, -0.1) is 0 Å². The molecule has 240 valence electrons. The first-order valence-electron chi connectivity index (χ1n) is 13.8. The summed E-state index contributed by atoms with van der Waals surface area (Å²) in [5.41, 5.74) is -1.11. The molecule has 16 heteroatoms. The summed E-state index contributed by atoms with van der Waals surface area (Å²) < 4.78 is 56.6. The Hall–Kier alpha value is -3.34. The minimum absolute atomic E-state index is 0.172. The lowest BCUT2D eigenvalue weighted by molar-refractivity contribution is -0.357. The predicted octanol–water partition coefficient (Wildman–Crippen LogP) is -0.289. The molecule has 43 heavy (non-hydrogen) atoms. The average molecular weight is 617 g/mol.